The summed E-state index contributed by atoms with van der Waals surface area (Å²) in [5.74, 6) is -1.57. The molecule has 1 aliphatic carbocycles. The Hall–Kier alpha value is -3.94. The number of halogens is 2. The van der Waals surface area contributed by atoms with Crippen molar-refractivity contribution in [2.24, 2.45) is 0 Å². The molecule has 0 unspecified atom stereocenters. The van der Waals surface area contributed by atoms with E-state index in [1.165, 1.54) is 17.7 Å². The molecule has 0 aromatic heterocycles. The van der Waals surface area contributed by atoms with Gasteiger partial charge in [0.25, 0.3) is 0 Å². The molecule has 1 aliphatic heterocycles. The van der Waals surface area contributed by atoms with Crippen molar-refractivity contribution in [3.8, 4) is 0 Å². The maximum Gasteiger partial charge on any atom is 0.335 e. The molecule has 200 valence electrons. The third-order valence-electron chi connectivity index (χ3n) is 7.34. The largest absolute Gasteiger partial charge is 0.478 e. The van der Waals surface area contributed by atoms with Crippen molar-refractivity contribution in [1.29, 1.82) is 0 Å². The average Bonchev–Trinajstić information content (AvgIpc) is 2.94. The number of fused-ring (bicyclic) bond motifs is 1. The quantitative estimate of drug-likeness (QED) is 0.363. The van der Waals surface area contributed by atoms with Crippen LogP contribution in [0.15, 0.2) is 78.9 Å². The Bertz CT molecular complexity index is 1460. The highest BCUT2D eigenvalue weighted by Crippen LogP contribution is 2.39. The Kier molecular flexibility index (Phi) is 7.82. The Labute approximate surface area is 232 Å². The number of carboxylic acid groups (broad SMARTS) is 1. The van der Waals surface area contributed by atoms with Gasteiger partial charge in [0.2, 0.25) is 5.91 Å². The van der Waals surface area contributed by atoms with E-state index >= 15 is 4.39 Å². The first-order chi connectivity index (χ1) is 18.8. The summed E-state index contributed by atoms with van der Waals surface area (Å²) in [7, 11) is 0. The van der Waals surface area contributed by atoms with Crippen LogP contribution in [-0.4, -0.2) is 54.6 Å². The average molecular weight is 546 g/mol. The minimum Gasteiger partial charge on any atom is -0.478 e. The van der Waals surface area contributed by atoms with Gasteiger partial charge in [-0.3, -0.25) is 9.69 Å². The van der Waals surface area contributed by atoms with Crippen LogP contribution < -0.4 is 10.2 Å². The number of piperazine rings is 1. The predicted molar refractivity (Wildman–Crippen MR) is 153 cm³/mol. The normalized spacial score (nSPS) is 15.6. The fourth-order valence-electron chi connectivity index (χ4n) is 5.35. The highest BCUT2D eigenvalue weighted by Gasteiger charge is 2.26. The number of aromatic carboxylic acids is 1. The Balaban J connectivity index is 1.40. The number of carbonyl (C=O) groups is 2. The molecule has 5 rings (SSSR count). The maximum absolute atomic E-state index is 15.3. The summed E-state index contributed by atoms with van der Waals surface area (Å²) in [4.78, 5) is 27.6. The van der Waals surface area contributed by atoms with Crippen molar-refractivity contribution in [1.82, 2.24) is 4.90 Å². The molecule has 3 aromatic carbocycles. The van der Waals surface area contributed by atoms with Crippen molar-refractivity contribution < 1.29 is 19.1 Å². The molecule has 39 heavy (non-hydrogen) atoms. The van der Waals surface area contributed by atoms with Crippen molar-refractivity contribution in [2.45, 2.75) is 12.8 Å². The Morgan fingerprint density at radius 1 is 0.974 bits per heavy atom. The number of carbonyl (C=O) groups excluding carboxylic acids is 1. The molecule has 1 fully saturated rings. The van der Waals surface area contributed by atoms with Crippen LogP contribution >= 0.6 is 11.6 Å². The van der Waals surface area contributed by atoms with Gasteiger partial charge in [0.05, 0.1) is 5.56 Å². The molecule has 0 bridgehead atoms. The van der Waals surface area contributed by atoms with Gasteiger partial charge in [0.15, 0.2) is 0 Å². The minimum atomic E-state index is -0.931. The van der Waals surface area contributed by atoms with Gasteiger partial charge in [-0.15, -0.1) is 0 Å². The number of nitrogens with one attached hydrogen (secondary N) is 1. The van der Waals surface area contributed by atoms with Gasteiger partial charge in [0.1, 0.15) is 5.82 Å². The third kappa shape index (κ3) is 5.90. The SMILES string of the molecule is C=CC(=O)Nc1ccc2c(c1)CCC(CN1CCN(c3ccc(C(=O)O)cc3)CC1)=C2c1ccc(Cl)cc1F. The van der Waals surface area contributed by atoms with E-state index in [0.717, 1.165) is 68.0 Å². The van der Waals surface area contributed by atoms with Crippen LogP contribution in [0, 0.1) is 5.82 Å². The van der Waals surface area contributed by atoms with Gasteiger partial charge < -0.3 is 15.3 Å². The molecule has 0 radical (unpaired) electrons. The van der Waals surface area contributed by atoms with Gasteiger partial charge in [-0.2, -0.15) is 0 Å². The van der Waals surface area contributed by atoms with Gasteiger partial charge in [-0.1, -0.05) is 24.2 Å². The number of benzene rings is 3. The fraction of sp³-hybridized carbons (Fsp3) is 0.226. The molecule has 2 N–H and O–H groups in total. The summed E-state index contributed by atoms with van der Waals surface area (Å²) in [6, 6.07) is 17.5. The number of hydrogen-bond acceptors (Lipinski definition) is 4. The zero-order chi connectivity index (χ0) is 27.5. The van der Waals surface area contributed by atoms with E-state index in [9.17, 15) is 9.59 Å². The first-order valence-corrected chi connectivity index (χ1v) is 13.2. The Morgan fingerprint density at radius 3 is 2.36 bits per heavy atom. The molecule has 0 spiro atoms. The molecular weight excluding hydrogens is 517 g/mol. The summed E-state index contributed by atoms with van der Waals surface area (Å²) >= 11 is 6.07. The molecule has 1 saturated heterocycles. The lowest BCUT2D eigenvalue weighted by Gasteiger charge is -2.37. The van der Waals surface area contributed by atoms with Crippen LogP contribution in [0.2, 0.25) is 5.02 Å². The topological polar surface area (TPSA) is 72.9 Å². The highest BCUT2D eigenvalue weighted by atomic mass is 35.5. The number of anilines is 2. The summed E-state index contributed by atoms with van der Waals surface area (Å²) < 4.78 is 15.3. The molecule has 1 heterocycles. The molecule has 0 atom stereocenters. The second-order valence-electron chi connectivity index (χ2n) is 9.78. The summed E-state index contributed by atoms with van der Waals surface area (Å²) in [5.41, 5.74) is 6.57. The number of hydrogen-bond donors (Lipinski definition) is 2. The van der Waals surface area contributed by atoms with Gasteiger partial charge in [-0.05, 0) is 95.8 Å². The number of aryl methyl sites for hydroxylation is 1. The third-order valence-corrected chi connectivity index (χ3v) is 7.58. The van der Waals surface area contributed by atoms with Crippen LogP contribution in [0.1, 0.15) is 33.5 Å². The van der Waals surface area contributed by atoms with E-state index in [-0.39, 0.29) is 17.3 Å². The van der Waals surface area contributed by atoms with Gasteiger partial charge in [0, 0.05) is 54.7 Å². The maximum atomic E-state index is 15.3. The van der Waals surface area contributed by atoms with Crippen molar-refractivity contribution >= 4 is 40.4 Å². The summed E-state index contributed by atoms with van der Waals surface area (Å²) in [6.07, 6.45) is 2.80. The number of nitrogens with zero attached hydrogens (tertiary/aromatic N) is 2. The van der Waals surface area contributed by atoms with Crippen LogP contribution in [0.4, 0.5) is 15.8 Å². The predicted octanol–water partition coefficient (Wildman–Crippen LogP) is 5.87. The standard InChI is InChI=1S/C31H29ClFN3O3/c1-2-29(37)34-24-8-12-26-21(17-24)3-4-22(30(26)27-11-7-23(32)18-28(27)33)19-35-13-15-36(16-14-35)25-9-5-20(6-10-25)31(38)39/h2,5-12,17-18H,1,3-4,13-16,19H2,(H,34,37)(H,38,39). The number of amides is 1. The van der Waals surface area contributed by atoms with Crippen LogP contribution in [-0.2, 0) is 11.2 Å². The van der Waals surface area contributed by atoms with E-state index in [2.05, 4.69) is 21.7 Å². The van der Waals surface area contributed by atoms with Gasteiger partial charge >= 0.3 is 5.97 Å². The van der Waals surface area contributed by atoms with E-state index in [4.69, 9.17) is 16.7 Å². The van der Waals surface area contributed by atoms with Gasteiger partial charge in [-0.25, -0.2) is 9.18 Å². The molecule has 6 nitrogen and oxygen atoms in total. The monoisotopic (exact) mass is 545 g/mol. The molecule has 0 saturated carbocycles. The second-order valence-corrected chi connectivity index (χ2v) is 10.2. The first kappa shape index (κ1) is 26.7. The van der Waals surface area contributed by atoms with Crippen molar-refractivity contribution in [3.05, 3.63) is 112 Å². The Morgan fingerprint density at radius 2 is 1.69 bits per heavy atom. The zero-order valence-corrected chi connectivity index (χ0v) is 22.2. The zero-order valence-electron chi connectivity index (χ0n) is 21.4. The van der Waals surface area contributed by atoms with E-state index < -0.39 is 5.97 Å². The number of rotatable bonds is 7. The van der Waals surface area contributed by atoms with Crippen LogP contribution in [0.5, 0.6) is 0 Å². The minimum absolute atomic E-state index is 0.275. The molecule has 2 aliphatic rings. The lowest BCUT2D eigenvalue weighted by Crippen LogP contribution is -2.47. The van der Waals surface area contributed by atoms with E-state index in [1.54, 1.807) is 24.3 Å². The lowest BCUT2D eigenvalue weighted by molar-refractivity contribution is -0.111. The van der Waals surface area contributed by atoms with Crippen molar-refractivity contribution in [2.75, 3.05) is 42.9 Å². The van der Waals surface area contributed by atoms with Crippen LogP contribution in [0.3, 0.4) is 0 Å². The fourth-order valence-corrected chi connectivity index (χ4v) is 5.51. The van der Waals surface area contributed by atoms with Crippen LogP contribution in [0.25, 0.3) is 5.57 Å². The molecule has 8 heteroatoms. The second kappa shape index (κ2) is 11.4. The summed E-state index contributed by atoms with van der Waals surface area (Å²) in [6.45, 7) is 7.52. The summed E-state index contributed by atoms with van der Waals surface area (Å²) in [5, 5.41) is 12.3. The molecule has 1 amide bonds. The smallest absolute Gasteiger partial charge is 0.335 e. The lowest BCUT2D eigenvalue weighted by atomic mass is 9.81. The molecular formula is C31H29ClFN3O3. The van der Waals surface area contributed by atoms with E-state index in [1.807, 2.05) is 30.3 Å². The number of carboxylic acids is 1. The molecule has 3 aromatic rings. The first-order valence-electron chi connectivity index (χ1n) is 12.9. The van der Waals surface area contributed by atoms with Crippen molar-refractivity contribution in [3.63, 3.8) is 0 Å². The highest BCUT2D eigenvalue weighted by molar-refractivity contribution is 6.30. The van der Waals surface area contributed by atoms with E-state index in [0.29, 0.717) is 16.3 Å².